The Labute approximate surface area is 144 Å². The smallest absolute Gasteiger partial charge is 0.243 e. The molecule has 0 saturated carbocycles. The van der Waals surface area contributed by atoms with Crippen LogP contribution in [0, 0.1) is 0 Å². The second-order valence-electron chi connectivity index (χ2n) is 6.60. The van der Waals surface area contributed by atoms with Gasteiger partial charge in [0.05, 0.1) is 6.04 Å². The summed E-state index contributed by atoms with van der Waals surface area (Å²) in [5.74, 6) is 0.372. The normalized spacial score (nSPS) is 16.6. The van der Waals surface area contributed by atoms with Crippen molar-refractivity contribution in [3.05, 3.63) is 72.3 Å². The maximum atomic E-state index is 11.7. The Morgan fingerprint density at radius 1 is 1.25 bits per heavy atom. The van der Waals surface area contributed by atoms with E-state index in [0.29, 0.717) is 5.92 Å². The van der Waals surface area contributed by atoms with Crippen LogP contribution in [0.25, 0.3) is 0 Å². The predicted molar refractivity (Wildman–Crippen MR) is 99.8 cm³/mol. The summed E-state index contributed by atoms with van der Waals surface area (Å²) in [6.45, 7) is 8.72. The van der Waals surface area contributed by atoms with Crippen molar-refractivity contribution in [3.8, 4) is 0 Å². The number of hydrogen-bond acceptors (Lipinski definition) is 2. The lowest BCUT2D eigenvalue weighted by Crippen LogP contribution is -2.46. The summed E-state index contributed by atoms with van der Waals surface area (Å²) in [5.41, 5.74) is 4.98. The molecular formula is C21H24N2O. The molecule has 1 aliphatic heterocycles. The topological polar surface area (TPSA) is 32.3 Å². The Morgan fingerprint density at radius 3 is 2.79 bits per heavy atom. The molecule has 0 spiro atoms. The highest BCUT2D eigenvalue weighted by Crippen LogP contribution is 2.34. The largest absolute Gasteiger partial charge is 0.348 e. The lowest BCUT2D eigenvalue weighted by atomic mass is 9.96. The zero-order valence-corrected chi connectivity index (χ0v) is 14.3. The molecule has 0 aromatic heterocycles. The molecule has 1 aliphatic rings. The SMILES string of the molecule is C=CC(=O)NC1Cc2ccccc2N(c2cccc(C(C)C)c2)C1. The number of nitrogens with zero attached hydrogens (tertiary/aromatic N) is 1. The van der Waals surface area contributed by atoms with Gasteiger partial charge in [-0.2, -0.15) is 0 Å². The lowest BCUT2D eigenvalue weighted by Gasteiger charge is -2.36. The van der Waals surface area contributed by atoms with Crippen LogP contribution in [0.4, 0.5) is 11.4 Å². The number of rotatable bonds is 4. The summed E-state index contributed by atoms with van der Waals surface area (Å²) in [6.07, 6.45) is 2.18. The van der Waals surface area contributed by atoms with Crippen molar-refractivity contribution in [3.63, 3.8) is 0 Å². The van der Waals surface area contributed by atoms with Crippen LogP contribution in [-0.4, -0.2) is 18.5 Å². The molecule has 1 amide bonds. The molecular weight excluding hydrogens is 296 g/mol. The van der Waals surface area contributed by atoms with E-state index >= 15 is 0 Å². The molecule has 0 fully saturated rings. The molecule has 3 nitrogen and oxygen atoms in total. The zero-order chi connectivity index (χ0) is 17.1. The predicted octanol–water partition coefficient (Wildman–Crippen LogP) is 4.18. The first-order chi connectivity index (χ1) is 11.6. The first kappa shape index (κ1) is 16.3. The molecule has 1 unspecified atom stereocenters. The number of carbonyl (C=O) groups excluding carboxylic acids is 1. The van der Waals surface area contributed by atoms with Gasteiger partial charge in [-0.3, -0.25) is 4.79 Å². The van der Waals surface area contributed by atoms with Gasteiger partial charge in [0.2, 0.25) is 5.91 Å². The number of fused-ring (bicyclic) bond motifs is 1. The number of benzene rings is 2. The summed E-state index contributed by atoms with van der Waals surface area (Å²) < 4.78 is 0. The molecule has 0 radical (unpaired) electrons. The summed E-state index contributed by atoms with van der Waals surface area (Å²) >= 11 is 0. The number of amides is 1. The summed E-state index contributed by atoms with van der Waals surface area (Å²) in [4.78, 5) is 14.0. The van der Waals surface area contributed by atoms with Crippen molar-refractivity contribution < 1.29 is 4.79 Å². The van der Waals surface area contributed by atoms with E-state index in [4.69, 9.17) is 0 Å². The van der Waals surface area contributed by atoms with Crippen LogP contribution in [0.3, 0.4) is 0 Å². The second kappa shape index (κ2) is 6.91. The van der Waals surface area contributed by atoms with Crippen molar-refractivity contribution in [2.45, 2.75) is 32.2 Å². The average molecular weight is 320 g/mol. The standard InChI is InChI=1S/C21H24N2O/c1-4-21(24)22-18-12-17-8-5-6-11-20(17)23(14-18)19-10-7-9-16(13-19)15(2)3/h4-11,13,15,18H,1,12,14H2,2-3H3,(H,22,24). The minimum absolute atomic E-state index is 0.0770. The highest BCUT2D eigenvalue weighted by Gasteiger charge is 2.26. The number of anilines is 2. The molecule has 1 N–H and O–H groups in total. The fourth-order valence-corrected chi connectivity index (χ4v) is 3.25. The van der Waals surface area contributed by atoms with Crippen molar-refractivity contribution in [2.24, 2.45) is 0 Å². The maximum Gasteiger partial charge on any atom is 0.243 e. The van der Waals surface area contributed by atoms with Gasteiger partial charge in [-0.1, -0.05) is 50.8 Å². The van der Waals surface area contributed by atoms with Crippen molar-refractivity contribution in [2.75, 3.05) is 11.4 Å². The second-order valence-corrected chi connectivity index (χ2v) is 6.60. The molecule has 0 saturated heterocycles. The van der Waals surface area contributed by atoms with Gasteiger partial charge in [0, 0.05) is 17.9 Å². The quantitative estimate of drug-likeness (QED) is 0.857. The molecule has 3 heteroatoms. The van der Waals surface area contributed by atoms with Gasteiger partial charge >= 0.3 is 0 Å². The van der Waals surface area contributed by atoms with Crippen molar-refractivity contribution in [1.82, 2.24) is 5.32 Å². The van der Waals surface area contributed by atoms with Crippen LogP contribution in [0.5, 0.6) is 0 Å². The molecule has 124 valence electrons. The molecule has 2 aromatic rings. The Morgan fingerprint density at radius 2 is 2.04 bits per heavy atom. The number of para-hydroxylation sites is 1. The maximum absolute atomic E-state index is 11.7. The van der Waals surface area contributed by atoms with E-state index in [-0.39, 0.29) is 11.9 Å². The van der Waals surface area contributed by atoms with E-state index in [9.17, 15) is 4.79 Å². The van der Waals surface area contributed by atoms with Gasteiger partial charge in [-0.15, -0.1) is 0 Å². The van der Waals surface area contributed by atoms with Crippen molar-refractivity contribution in [1.29, 1.82) is 0 Å². The van der Waals surface area contributed by atoms with Gasteiger partial charge in [0.15, 0.2) is 0 Å². The molecule has 1 atom stereocenters. The minimum atomic E-state index is -0.115. The monoisotopic (exact) mass is 320 g/mol. The molecule has 0 bridgehead atoms. The molecule has 3 rings (SSSR count). The first-order valence-corrected chi connectivity index (χ1v) is 8.47. The minimum Gasteiger partial charge on any atom is -0.348 e. The van der Waals surface area contributed by atoms with E-state index in [0.717, 1.165) is 13.0 Å². The van der Waals surface area contributed by atoms with E-state index in [1.807, 2.05) is 0 Å². The average Bonchev–Trinajstić information content (AvgIpc) is 2.61. The Hall–Kier alpha value is -2.55. The van der Waals surface area contributed by atoms with Gasteiger partial charge in [0.25, 0.3) is 0 Å². The number of hydrogen-bond donors (Lipinski definition) is 1. The third-order valence-corrected chi connectivity index (χ3v) is 4.53. The highest BCUT2D eigenvalue weighted by molar-refractivity contribution is 5.87. The van der Waals surface area contributed by atoms with Gasteiger partial charge < -0.3 is 10.2 Å². The number of carbonyl (C=O) groups is 1. The third-order valence-electron chi connectivity index (χ3n) is 4.53. The Bertz CT molecular complexity index is 751. The third kappa shape index (κ3) is 3.35. The van der Waals surface area contributed by atoms with Crippen LogP contribution in [0.15, 0.2) is 61.2 Å². The molecule has 0 aliphatic carbocycles. The zero-order valence-electron chi connectivity index (χ0n) is 14.3. The summed E-state index contributed by atoms with van der Waals surface area (Å²) in [5, 5.41) is 3.05. The lowest BCUT2D eigenvalue weighted by molar-refractivity contribution is -0.117. The van der Waals surface area contributed by atoms with Gasteiger partial charge in [-0.05, 0) is 47.7 Å². The van der Waals surface area contributed by atoms with E-state index in [1.54, 1.807) is 0 Å². The summed E-state index contributed by atoms with van der Waals surface area (Å²) in [7, 11) is 0. The van der Waals surface area contributed by atoms with Crippen LogP contribution in [-0.2, 0) is 11.2 Å². The van der Waals surface area contributed by atoms with E-state index < -0.39 is 0 Å². The molecule has 24 heavy (non-hydrogen) atoms. The van der Waals surface area contributed by atoms with E-state index in [1.165, 1.54) is 28.6 Å². The van der Waals surface area contributed by atoms with E-state index in [2.05, 4.69) is 79.2 Å². The first-order valence-electron chi connectivity index (χ1n) is 8.47. The molecule has 2 aromatic carbocycles. The fraction of sp³-hybridized carbons (Fsp3) is 0.286. The molecule has 1 heterocycles. The Kier molecular flexibility index (Phi) is 4.70. The van der Waals surface area contributed by atoms with Crippen LogP contribution in [0.2, 0.25) is 0 Å². The van der Waals surface area contributed by atoms with Crippen molar-refractivity contribution >= 4 is 17.3 Å². The fourth-order valence-electron chi connectivity index (χ4n) is 3.25. The number of nitrogens with one attached hydrogen (secondary N) is 1. The highest BCUT2D eigenvalue weighted by atomic mass is 16.1. The van der Waals surface area contributed by atoms with Crippen LogP contribution >= 0.6 is 0 Å². The van der Waals surface area contributed by atoms with Gasteiger partial charge in [0.1, 0.15) is 0 Å². The van der Waals surface area contributed by atoms with Crippen LogP contribution in [0.1, 0.15) is 30.9 Å². The Balaban J connectivity index is 1.97. The van der Waals surface area contributed by atoms with Crippen LogP contribution < -0.4 is 10.2 Å². The van der Waals surface area contributed by atoms with Gasteiger partial charge in [-0.25, -0.2) is 0 Å². The summed E-state index contributed by atoms with van der Waals surface area (Å²) in [6, 6.07) is 17.2.